The lowest BCUT2D eigenvalue weighted by Gasteiger charge is -2.37. The molecule has 0 unspecified atom stereocenters. The molecular formula is C45H48N3O. The fourth-order valence-electron chi connectivity index (χ4n) is 7.35. The summed E-state index contributed by atoms with van der Waals surface area (Å²) in [5.41, 5.74) is 12.3. The summed E-state index contributed by atoms with van der Waals surface area (Å²) in [5.74, 6) is 3.20. The zero-order chi connectivity index (χ0) is 34.4. The minimum atomic E-state index is 0.371. The lowest BCUT2D eigenvalue weighted by atomic mass is 9.90. The summed E-state index contributed by atoms with van der Waals surface area (Å²) in [6, 6.07) is 39.3. The Morgan fingerprint density at radius 1 is 0.429 bits per heavy atom. The molecule has 2 aliphatic heterocycles. The molecule has 0 amide bonds. The third-order valence-corrected chi connectivity index (χ3v) is 9.80. The predicted molar refractivity (Wildman–Crippen MR) is 207 cm³/mol. The standard InChI is InChI=1S/C45H48N3O/c1-29(2)35-15-13-16-36(30(3)4)43(35)46-27-28-47(44-37(31(5)6)17-14-18-38(44)32(7)8)45(46)33-23-25-34(26-24-33)48-39-19-9-11-21-41(39)49-42-22-12-10-20-40(42)48/h9-32H,1-8H3. The number of hydrogen-bond acceptors (Lipinski definition) is 4. The van der Waals surface area contributed by atoms with Crippen LogP contribution in [0.4, 0.5) is 28.4 Å². The molecule has 0 aromatic heterocycles. The van der Waals surface area contributed by atoms with E-state index in [1.807, 2.05) is 24.3 Å². The minimum absolute atomic E-state index is 0.371. The molecule has 1 radical (unpaired) electrons. The van der Waals surface area contributed by atoms with Gasteiger partial charge in [0.05, 0.1) is 22.7 Å². The van der Waals surface area contributed by atoms with Crippen molar-refractivity contribution in [1.82, 2.24) is 0 Å². The molecule has 0 fully saturated rings. The maximum Gasteiger partial charge on any atom is 0.195 e. The Hall–Kier alpha value is -4.96. The van der Waals surface area contributed by atoms with E-state index in [0.717, 1.165) is 40.3 Å². The number of fused-ring (bicyclic) bond motifs is 2. The van der Waals surface area contributed by atoms with E-state index in [4.69, 9.17) is 4.74 Å². The number of nitrogens with zero attached hydrogens (tertiary/aromatic N) is 3. The number of benzene rings is 5. The smallest absolute Gasteiger partial charge is 0.195 e. The van der Waals surface area contributed by atoms with Crippen molar-refractivity contribution in [3.05, 3.63) is 156 Å². The van der Waals surface area contributed by atoms with Crippen molar-refractivity contribution in [3.8, 4) is 11.5 Å². The predicted octanol–water partition coefficient (Wildman–Crippen LogP) is 13.1. The summed E-state index contributed by atoms with van der Waals surface area (Å²) < 4.78 is 6.31. The van der Waals surface area contributed by atoms with Gasteiger partial charge < -0.3 is 19.4 Å². The first kappa shape index (κ1) is 32.6. The van der Waals surface area contributed by atoms with Crippen LogP contribution >= 0.6 is 0 Å². The monoisotopic (exact) mass is 646 g/mol. The Balaban J connectivity index is 1.41. The van der Waals surface area contributed by atoms with Crippen molar-refractivity contribution < 1.29 is 4.74 Å². The summed E-state index contributed by atoms with van der Waals surface area (Å²) in [6.07, 6.45) is 5.72. The highest BCUT2D eigenvalue weighted by atomic mass is 16.5. The van der Waals surface area contributed by atoms with Crippen LogP contribution in [0.5, 0.6) is 11.5 Å². The van der Waals surface area contributed by atoms with Gasteiger partial charge >= 0.3 is 0 Å². The molecule has 0 aliphatic carbocycles. The Morgan fingerprint density at radius 2 is 0.816 bits per heavy atom. The van der Waals surface area contributed by atoms with Crippen LogP contribution in [0, 0.1) is 6.17 Å². The van der Waals surface area contributed by atoms with Crippen LogP contribution in [0.25, 0.3) is 0 Å². The zero-order valence-corrected chi connectivity index (χ0v) is 30.1. The van der Waals surface area contributed by atoms with Crippen molar-refractivity contribution in [2.75, 3.05) is 14.7 Å². The zero-order valence-electron chi connectivity index (χ0n) is 30.1. The highest BCUT2D eigenvalue weighted by molar-refractivity contribution is 5.86. The van der Waals surface area contributed by atoms with Gasteiger partial charge in [0.2, 0.25) is 0 Å². The van der Waals surface area contributed by atoms with E-state index in [-0.39, 0.29) is 0 Å². The molecule has 0 saturated heterocycles. The second-order valence-electron chi connectivity index (χ2n) is 14.5. The molecule has 4 heteroatoms. The first-order valence-corrected chi connectivity index (χ1v) is 17.8. The van der Waals surface area contributed by atoms with Gasteiger partial charge in [0.15, 0.2) is 17.7 Å². The SMILES string of the molecule is CC(C)c1cccc(C(C)C)c1N1C=CN(c2c(C(C)C)cccc2C(C)C)[C]1c1ccc(N2c3ccccc3Oc3ccccc32)cc1. The van der Waals surface area contributed by atoms with Gasteiger partial charge in [0, 0.05) is 23.7 Å². The van der Waals surface area contributed by atoms with Crippen LogP contribution < -0.4 is 19.4 Å². The number of para-hydroxylation sites is 6. The summed E-state index contributed by atoms with van der Waals surface area (Å²) in [4.78, 5) is 7.22. The van der Waals surface area contributed by atoms with E-state index >= 15 is 0 Å². The quantitative estimate of drug-likeness (QED) is 0.164. The lowest BCUT2D eigenvalue weighted by Crippen LogP contribution is -2.34. The van der Waals surface area contributed by atoms with Crippen molar-refractivity contribution in [2.45, 2.75) is 79.1 Å². The molecule has 249 valence electrons. The molecule has 4 nitrogen and oxygen atoms in total. The van der Waals surface area contributed by atoms with Gasteiger partial charge in [-0.05, 0) is 82.3 Å². The Bertz CT molecular complexity index is 1820. The molecule has 0 saturated carbocycles. The maximum atomic E-state index is 6.31. The van der Waals surface area contributed by atoms with E-state index in [1.165, 1.54) is 33.6 Å². The van der Waals surface area contributed by atoms with Gasteiger partial charge in [0.1, 0.15) is 0 Å². The van der Waals surface area contributed by atoms with Crippen LogP contribution in [-0.4, -0.2) is 0 Å². The number of ether oxygens (including phenoxy) is 1. The normalized spacial score (nSPS) is 14.3. The van der Waals surface area contributed by atoms with E-state index in [2.05, 4.69) is 167 Å². The third kappa shape index (κ3) is 5.77. The Morgan fingerprint density at radius 3 is 1.20 bits per heavy atom. The summed E-state index contributed by atoms with van der Waals surface area (Å²) in [5, 5.41) is 0. The first-order valence-electron chi connectivity index (χ1n) is 17.8. The van der Waals surface area contributed by atoms with Crippen LogP contribution in [-0.2, 0) is 0 Å². The number of anilines is 5. The largest absolute Gasteiger partial charge is 0.453 e. The van der Waals surface area contributed by atoms with Gasteiger partial charge in [0.25, 0.3) is 0 Å². The average Bonchev–Trinajstić information content (AvgIpc) is 3.54. The topological polar surface area (TPSA) is 19.0 Å². The van der Waals surface area contributed by atoms with Crippen molar-refractivity contribution in [1.29, 1.82) is 0 Å². The Kier molecular flexibility index (Phi) is 8.75. The fraction of sp³-hybridized carbons (Fsp3) is 0.267. The van der Waals surface area contributed by atoms with E-state index < -0.39 is 0 Å². The van der Waals surface area contributed by atoms with Gasteiger partial charge in [-0.3, -0.25) is 0 Å². The minimum Gasteiger partial charge on any atom is -0.453 e. The first-order chi connectivity index (χ1) is 23.7. The summed E-state index contributed by atoms with van der Waals surface area (Å²) in [7, 11) is 0. The molecule has 0 atom stereocenters. The molecule has 49 heavy (non-hydrogen) atoms. The van der Waals surface area contributed by atoms with Crippen LogP contribution in [0.2, 0.25) is 0 Å². The molecule has 7 rings (SSSR count). The molecule has 0 N–H and O–H groups in total. The highest BCUT2D eigenvalue weighted by Gasteiger charge is 2.37. The fourth-order valence-corrected chi connectivity index (χ4v) is 7.35. The third-order valence-electron chi connectivity index (χ3n) is 9.80. The summed E-state index contributed by atoms with van der Waals surface area (Å²) in [6.45, 7) is 18.4. The number of hydrogen-bond donors (Lipinski definition) is 0. The van der Waals surface area contributed by atoms with Gasteiger partial charge in [-0.2, -0.15) is 0 Å². The van der Waals surface area contributed by atoms with Gasteiger partial charge in [-0.1, -0.05) is 128 Å². The van der Waals surface area contributed by atoms with Crippen molar-refractivity contribution in [2.24, 2.45) is 0 Å². The second kappa shape index (κ2) is 13.2. The lowest BCUT2D eigenvalue weighted by molar-refractivity contribution is 0.477. The molecule has 2 heterocycles. The highest BCUT2D eigenvalue weighted by Crippen LogP contribution is 2.51. The van der Waals surface area contributed by atoms with Crippen molar-refractivity contribution in [3.63, 3.8) is 0 Å². The molecule has 2 aliphatic rings. The van der Waals surface area contributed by atoms with Gasteiger partial charge in [-0.25, -0.2) is 0 Å². The van der Waals surface area contributed by atoms with E-state index in [0.29, 0.717) is 23.7 Å². The summed E-state index contributed by atoms with van der Waals surface area (Å²) >= 11 is 0. The van der Waals surface area contributed by atoms with Crippen LogP contribution in [0.3, 0.4) is 0 Å². The number of rotatable bonds is 8. The second-order valence-corrected chi connectivity index (χ2v) is 14.5. The average molecular weight is 647 g/mol. The maximum absolute atomic E-state index is 6.31. The van der Waals surface area contributed by atoms with Gasteiger partial charge in [-0.15, -0.1) is 0 Å². The molecule has 0 bridgehead atoms. The van der Waals surface area contributed by atoms with E-state index in [9.17, 15) is 0 Å². The molecule has 5 aromatic rings. The Labute approximate surface area is 293 Å². The van der Waals surface area contributed by atoms with Crippen LogP contribution in [0.15, 0.2) is 122 Å². The van der Waals surface area contributed by atoms with E-state index in [1.54, 1.807) is 0 Å². The van der Waals surface area contributed by atoms with Crippen molar-refractivity contribution >= 4 is 28.4 Å². The molecule has 0 spiro atoms. The molecule has 5 aromatic carbocycles. The van der Waals surface area contributed by atoms with Crippen LogP contribution in [0.1, 0.15) is 107 Å². The molecular weight excluding hydrogens is 599 g/mol.